The number of benzene rings is 1. The minimum Gasteiger partial charge on any atom is -0.464 e. The number of hydrogen-bond acceptors (Lipinski definition) is 5. The molecule has 2 aliphatic rings. The molecule has 7 nitrogen and oxygen atoms in total. The quantitative estimate of drug-likeness (QED) is 0.534. The second kappa shape index (κ2) is 8.83. The maximum atomic E-state index is 13.5. The fourth-order valence-electron chi connectivity index (χ4n) is 5.10. The van der Waals surface area contributed by atoms with Gasteiger partial charge in [0, 0.05) is 37.9 Å². The Labute approximate surface area is 193 Å². The van der Waals surface area contributed by atoms with Gasteiger partial charge in [0.2, 0.25) is 0 Å². The number of urea groups is 1. The smallest absolute Gasteiger partial charge is 0.328 e. The zero-order chi connectivity index (χ0) is 22.8. The van der Waals surface area contributed by atoms with Crippen molar-refractivity contribution in [1.29, 1.82) is 0 Å². The first-order valence-corrected chi connectivity index (χ1v) is 11.5. The standard InChI is InChI=1S/C26H28N4O3/c1-2-30-25(32)29(19-22-9-3-4-13-27-22)24(31)26(30)11-14-28(15-12-26)18-20-7-5-8-21(17-20)23-10-6-16-33-23/h3-10,13,16-17H,2,11-12,14-15,18-19H2,1H3. The van der Waals surface area contributed by atoms with Crippen molar-refractivity contribution in [2.24, 2.45) is 0 Å². The molecule has 2 aliphatic heterocycles. The van der Waals surface area contributed by atoms with Crippen molar-refractivity contribution in [2.45, 2.75) is 38.4 Å². The van der Waals surface area contributed by atoms with E-state index in [-0.39, 0.29) is 18.5 Å². The summed E-state index contributed by atoms with van der Waals surface area (Å²) in [5, 5.41) is 0. The van der Waals surface area contributed by atoms with Crippen LogP contribution in [-0.2, 0) is 17.9 Å². The van der Waals surface area contributed by atoms with Gasteiger partial charge in [-0.3, -0.25) is 19.6 Å². The van der Waals surface area contributed by atoms with Crippen LogP contribution < -0.4 is 0 Å². The van der Waals surface area contributed by atoms with Gasteiger partial charge in [-0.2, -0.15) is 0 Å². The number of rotatable bonds is 6. The Bertz CT molecular complexity index is 1120. The zero-order valence-electron chi connectivity index (χ0n) is 18.8. The number of carbonyl (C=O) groups is 2. The number of carbonyl (C=O) groups excluding carboxylic acids is 2. The molecule has 5 rings (SSSR count). The van der Waals surface area contributed by atoms with Gasteiger partial charge in [0.25, 0.3) is 5.91 Å². The highest BCUT2D eigenvalue weighted by atomic mass is 16.3. The first kappa shape index (κ1) is 21.4. The Morgan fingerprint density at radius 3 is 2.55 bits per heavy atom. The topological polar surface area (TPSA) is 69.9 Å². The lowest BCUT2D eigenvalue weighted by atomic mass is 9.85. The number of nitrogens with zero attached hydrogens (tertiary/aromatic N) is 4. The van der Waals surface area contributed by atoms with Crippen molar-refractivity contribution < 1.29 is 14.0 Å². The van der Waals surface area contributed by atoms with E-state index in [1.807, 2.05) is 49.4 Å². The number of amides is 3. The predicted molar refractivity (Wildman–Crippen MR) is 124 cm³/mol. The van der Waals surface area contributed by atoms with E-state index in [4.69, 9.17) is 4.42 Å². The number of piperidine rings is 1. The molecule has 7 heteroatoms. The Hall–Kier alpha value is -3.45. The Morgan fingerprint density at radius 1 is 1.00 bits per heavy atom. The van der Waals surface area contributed by atoms with E-state index in [1.54, 1.807) is 17.4 Å². The maximum absolute atomic E-state index is 13.5. The summed E-state index contributed by atoms with van der Waals surface area (Å²) >= 11 is 0. The molecule has 0 unspecified atom stereocenters. The summed E-state index contributed by atoms with van der Waals surface area (Å²) in [6, 6.07) is 17.6. The summed E-state index contributed by atoms with van der Waals surface area (Å²) in [5.41, 5.74) is 2.25. The number of likely N-dealkylation sites (tertiary alicyclic amines) is 1. The van der Waals surface area contributed by atoms with Crippen LogP contribution in [0.25, 0.3) is 11.3 Å². The van der Waals surface area contributed by atoms with Crippen LogP contribution >= 0.6 is 0 Å². The van der Waals surface area contributed by atoms with E-state index in [1.165, 1.54) is 10.5 Å². The van der Waals surface area contributed by atoms with Gasteiger partial charge in [-0.25, -0.2) is 4.79 Å². The van der Waals surface area contributed by atoms with E-state index < -0.39 is 5.54 Å². The Morgan fingerprint density at radius 2 is 1.85 bits per heavy atom. The molecule has 0 atom stereocenters. The molecular formula is C26H28N4O3. The van der Waals surface area contributed by atoms with Crippen LogP contribution in [0.5, 0.6) is 0 Å². The van der Waals surface area contributed by atoms with Crippen LogP contribution in [0.1, 0.15) is 31.0 Å². The maximum Gasteiger partial charge on any atom is 0.328 e. The lowest BCUT2D eigenvalue weighted by Gasteiger charge is -2.42. The van der Waals surface area contributed by atoms with Crippen molar-refractivity contribution in [1.82, 2.24) is 19.7 Å². The molecular weight excluding hydrogens is 416 g/mol. The third-order valence-electron chi connectivity index (χ3n) is 6.81. The van der Waals surface area contributed by atoms with Crippen LogP contribution in [0, 0.1) is 0 Å². The largest absolute Gasteiger partial charge is 0.464 e. The molecule has 0 bridgehead atoms. The van der Waals surface area contributed by atoms with Crippen molar-refractivity contribution in [3.63, 3.8) is 0 Å². The summed E-state index contributed by atoms with van der Waals surface area (Å²) in [6.07, 6.45) is 4.65. The Kier molecular flexibility index (Phi) is 5.72. The normalized spacial score (nSPS) is 18.5. The molecule has 170 valence electrons. The van der Waals surface area contributed by atoms with Crippen LogP contribution in [-0.4, -0.2) is 56.8 Å². The van der Waals surface area contributed by atoms with Crippen molar-refractivity contribution in [3.8, 4) is 11.3 Å². The first-order valence-electron chi connectivity index (χ1n) is 11.5. The van der Waals surface area contributed by atoms with Crippen molar-refractivity contribution in [2.75, 3.05) is 19.6 Å². The highest BCUT2D eigenvalue weighted by Crippen LogP contribution is 2.38. The minimum atomic E-state index is -0.743. The van der Waals surface area contributed by atoms with Gasteiger partial charge in [0.1, 0.15) is 11.3 Å². The third-order valence-corrected chi connectivity index (χ3v) is 6.81. The van der Waals surface area contributed by atoms with Crippen molar-refractivity contribution >= 4 is 11.9 Å². The fourth-order valence-corrected chi connectivity index (χ4v) is 5.10. The molecule has 0 radical (unpaired) electrons. The van der Waals surface area contributed by atoms with Gasteiger partial charge in [-0.05, 0) is 55.7 Å². The number of aromatic nitrogens is 1. The average Bonchev–Trinajstić information content (AvgIpc) is 3.45. The molecule has 0 aliphatic carbocycles. The summed E-state index contributed by atoms with van der Waals surface area (Å²) in [5.74, 6) is 0.774. The molecule has 2 fully saturated rings. The zero-order valence-corrected chi connectivity index (χ0v) is 18.8. The molecule has 2 aromatic heterocycles. The van der Waals surface area contributed by atoms with Gasteiger partial charge in [0.15, 0.2) is 0 Å². The van der Waals surface area contributed by atoms with Crippen LogP contribution in [0.2, 0.25) is 0 Å². The molecule has 3 amide bonds. The van der Waals surface area contributed by atoms with Gasteiger partial charge in [-0.1, -0.05) is 24.3 Å². The monoisotopic (exact) mass is 444 g/mol. The highest BCUT2D eigenvalue weighted by Gasteiger charge is 2.57. The van der Waals surface area contributed by atoms with Crippen LogP contribution in [0.3, 0.4) is 0 Å². The number of likely N-dealkylation sites (N-methyl/N-ethyl adjacent to an activating group) is 1. The van der Waals surface area contributed by atoms with E-state index in [0.717, 1.165) is 36.7 Å². The SMILES string of the molecule is CCN1C(=O)N(Cc2ccccn2)C(=O)C12CCN(Cc1cccc(-c3ccco3)c1)CC2. The fraction of sp³-hybridized carbons (Fsp3) is 0.346. The molecule has 3 aromatic rings. The van der Waals surface area contributed by atoms with E-state index in [2.05, 4.69) is 22.0 Å². The lowest BCUT2D eigenvalue weighted by Crippen LogP contribution is -2.56. The third kappa shape index (κ3) is 3.93. The van der Waals surface area contributed by atoms with Gasteiger partial charge in [-0.15, -0.1) is 0 Å². The molecule has 0 N–H and O–H groups in total. The van der Waals surface area contributed by atoms with E-state index in [0.29, 0.717) is 19.4 Å². The van der Waals surface area contributed by atoms with E-state index in [9.17, 15) is 9.59 Å². The Balaban J connectivity index is 1.28. The van der Waals surface area contributed by atoms with Gasteiger partial charge < -0.3 is 9.32 Å². The number of hydrogen-bond donors (Lipinski definition) is 0. The molecule has 1 aromatic carbocycles. The van der Waals surface area contributed by atoms with Crippen LogP contribution in [0.15, 0.2) is 71.5 Å². The molecule has 1 spiro atoms. The first-order chi connectivity index (χ1) is 16.1. The predicted octanol–water partition coefficient (Wildman–Crippen LogP) is 4.16. The highest BCUT2D eigenvalue weighted by molar-refractivity contribution is 6.07. The summed E-state index contributed by atoms with van der Waals surface area (Å²) in [7, 11) is 0. The summed E-state index contributed by atoms with van der Waals surface area (Å²) in [6.45, 7) is 5.02. The van der Waals surface area contributed by atoms with Gasteiger partial charge in [0.05, 0.1) is 18.5 Å². The van der Waals surface area contributed by atoms with Crippen molar-refractivity contribution in [3.05, 3.63) is 78.3 Å². The summed E-state index contributed by atoms with van der Waals surface area (Å²) in [4.78, 5) is 36.5. The summed E-state index contributed by atoms with van der Waals surface area (Å²) < 4.78 is 5.53. The lowest BCUT2D eigenvalue weighted by molar-refractivity contribution is -0.136. The molecule has 2 saturated heterocycles. The molecule has 0 saturated carbocycles. The van der Waals surface area contributed by atoms with E-state index >= 15 is 0 Å². The number of pyridine rings is 1. The molecule has 4 heterocycles. The number of furan rings is 1. The molecule has 33 heavy (non-hydrogen) atoms. The van der Waals surface area contributed by atoms with Crippen LogP contribution in [0.4, 0.5) is 4.79 Å². The van der Waals surface area contributed by atoms with Gasteiger partial charge >= 0.3 is 6.03 Å². The minimum absolute atomic E-state index is 0.0838. The second-order valence-electron chi connectivity index (χ2n) is 8.72. The average molecular weight is 445 g/mol. The number of imide groups is 1. The second-order valence-corrected chi connectivity index (χ2v) is 8.72.